The average Bonchev–Trinajstić information content (AvgIpc) is 2.65. The third-order valence-electron chi connectivity index (χ3n) is 4.04. The van der Waals surface area contributed by atoms with E-state index in [4.69, 9.17) is 0 Å². The Morgan fingerprint density at radius 2 is 1.60 bits per heavy atom. The minimum absolute atomic E-state index is 0.0220. The molecule has 0 aliphatic rings. The van der Waals surface area contributed by atoms with Gasteiger partial charge in [-0.3, -0.25) is 9.59 Å². The van der Waals surface area contributed by atoms with E-state index >= 15 is 0 Å². The highest BCUT2D eigenvalue weighted by molar-refractivity contribution is 5.90. The van der Waals surface area contributed by atoms with Crippen molar-refractivity contribution in [2.45, 2.75) is 12.3 Å². The van der Waals surface area contributed by atoms with Crippen molar-refractivity contribution in [1.29, 1.82) is 0 Å². The standard InChI is InChI=1S/C21H18N2O2/c1-2-19-22-14-17(21(25)23-19)13-18(24)20(15-9-5-3-6-10-15)16-11-7-4-8-12-16/h2-12,14,20H,1,13H2,(H,22,23,25). The number of nitrogens with one attached hydrogen (secondary N) is 1. The summed E-state index contributed by atoms with van der Waals surface area (Å²) in [5.74, 6) is -0.0687. The lowest BCUT2D eigenvalue weighted by Gasteiger charge is -2.17. The SMILES string of the molecule is C=Cc1ncc(CC(=O)C(c2ccccc2)c2ccccc2)c(=O)[nH]1. The molecule has 0 amide bonds. The summed E-state index contributed by atoms with van der Waals surface area (Å²) in [6, 6.07) is 19.2. The molecule has 4 nitrogen and oxygen atoms in total. The van der Waals surface area contributed by atoms with E-state index in [2.05, 4.69) is 16.5 Å². The normalized spacial score (nSPS) is 10.6. The third-order valence-corrected chi connectivity index (χ3v) is 4.04. The lowest BCUT2D eigenvalue weighted by Crippen LogP contribution is -2.22. The fraction of sp³-hybridized carbons (Fsp3) is 0.0952. The molecular weight excluding hydrogens is 312 g/mol. The van der Waals surface area contributed by atoms with E-state index in [0.717, 1.165) is 11.1 Å². The maximum absolute atomic E-state index is 13.0. The zero-order chi connectivity index (χ0) is 17.6. The van der Waals surface area contributed by atoms with Gasteiger partial charge >= 0.3 is 0 Å². The highest BCUT2D eigenvalue weighted by Crippen LogP contribution is 2.26. The molecule has 0 fully saturated rings. The van der Waals surface area contributed by atoms with Crippen molar-refractivity contribution in [1.82, 2.24) is 9.97 Å². The monoisotopic (exact) mass is 330 g/mol. The number of carbonyl (C=O) groups excluding carboxylic acids is 1. The van der Waals surface area contributed by atoms with Crippen LogP contribution in [0, 0.1) is 0 Å². The second-order valence-electron chi connectivity index (χ2n) is 5.72. The third kappa shape index (κ3) is 3.80. The number of rotatable bonds is 6. The van der Waals surface area contributed by atoms with E-state index in [0.29, 0.717) is 11.4 Å². The van der Waals surface area contributed by atoms with Crippen LogP contribution in [-0.4, -0.2) is 15.8 Å². The fourth-order valence-corrected chi connectivity index (χ4v) is 2.81. The number of hydrogen-bond acceptors (Lipinski definition) is 3. The molecule has 3 rings (SSSR count). The van der Waals surface area contributed by atoms with Crippen LogP contribution in [0.1, 0.15) is 28.4 Å². The Labute approximate surface area is 145 Å². The van der Waals surface area contributed by atoms with Gasteiger partial charge in [0.15, 0.2) is 0 Å². The van der Waals surface area contributed by atoms with Gasteiger partial charge in [-0.2, -0.15) is 0 Å². The minimum atomic E-state index is -0.416. The van der Waals surface area contributed by atoms with Gasteiger partial charge in [-0.15, -0.1) is 0 Å². The van der Waals surface area contributed by atoms with Crippen molar-refractivity contribution in [3.63, 3.8) is 0 Å². The summed E-state index contributed by atoms with van der Waals surface area (Å²) < 4.78 is 0. The molecule has 2 aromatic carbocycles. The van der Waals surface area contributed by atoms with Crippen molar-refractivity contribution >= 4 is 11.9 Å². The van der Waals surface area contributed by atoms with E-state index < -0.39 is 5.92 Å². The van der Waals surface area contributed by atoms with Gasteiger partial charge in [0.2, 0.25) is 0 Å². The van der Waals surface area contributed by atoms with Crippen LogP contribution in [0.25, 0.3) is 6.08 Å². The van der Waals surface area contributed by atoms with E-state index in [9.17, 15) is 9.59 Å². The van der Waals surface area contributed by atoms with Crippen LogP contribution in [-0.2, 0) is 11.2 Å². The molecule has 0 spiro atoms. The molecule has 124 valence electrons. The van der Waals surface area contributed by atoms with Crippen molar-refractivity contribution < 1.29 is 4.79 Å². The van der Waals surface area contributed by atoms with Crippen LogP contribution >= 0.6 is 0 Å². The van der Waals surface area contributed by atoms with E-state index in [1.807, 2.05) is 60.7 Å². The quantitative estimate of drug-likeness (QED) is 0.754. The van der Waals surface area contributed by atoms with Crippen molar-refractivity contribution in [3.05, 3.63) is 106 Å². The Morgan fingerprint density at radius 1 is 1.04 bits per heavy atom. The summed E-state index contributed by atoms with van der Waals surface area (Å²) in [7, 11) is 0. The lowest BCUT2D eigenvalue weighted by molar-refractivity contribution is -0.119. The Hall–Kier alpha value is -3.27. The van der Waals surface area contributed by atoms with Gasteiger partial charge in [-0.05, 0) is 17.2 Å². The average molecular weight is 330 g/mol. The molecule has 0 saturated carbocycles. The lowest BCUT2D eigenvalue weighted by atomic mass is 9.85. The van der Waals surface area contributed by atoms with Gasteiger partial charge in [0.25, 0.3) is 5.56 Å². The van der Waals surface area contributed by atoms with Gasteiger partial charge in [-0.25, -0.2) is 4.98 Å². The highest BCUT2D eigenvalue weighted by Gasteiger charge is 2.23. The summed E-state index contributed by atoms with van der Waals surface area (Å²) in [6.07, 6.45) is 2.93. The zero-order valence-corrected chi connectivity index (χ0v) is 13.7. The van der Waals surface area contributed by atoms with Crippen LogP contribution in [0.15, 0.2) is 78.2 Å². The number of carbonyl (C=O) groups is 1. The van der Waals surface area contributed by atoms with Crippen LogP contribution in [0.2, 0.25) is 0 Å². The summed E-state index contributed by atoms with van der Waals surface area (Å²) in [4.78, 5) is 31.9. The number of ketones is 1. The molecule has 0 aliphatic heterocycles. The van der Waals surface area contributed by atoms with E-state index in [1.165, 1.54) is 12.3 Å². The second kappa shape index (κ2) is 7.53. The molecular formula is C21H18N2O2. The summed E-state index contributed by atoms with van der Waals surface area (Å²) in [6.45, 7) is 3.57. The maximum atomic E-state index is 13.0. The predicted molar refractivity (Wildman–Crippen MR) is 98.4 cm³/mol. The number of nitrogens with zero attached hydrogens (tertiary/aromatic N) is 1. The van der Waals surface area contributed by atoms with Gasteiger partial charge in [0, 0.05) is 18.2 Å². The molecule has 0 saturated heterocycles. The van der Waals surface area contributed by atoms with Crippen LogP contribution < -0.4 is 5.56 Å². The van der Waals surface area contributed by atoms with Gasteiger partial charge in [0.05, 0.1) is 5.92 Å². The first-order valence-corrected chi connectivity index (χ1v) is 8.02. The van der Waals surface area contributed by atoms with Crippen LogP contribution in [0.5, 0.6) is 0 Å². The largest absolute Gasteiger partial charge is 0.307 e. The topological polar surface area (TPSA) is 62.8 Å². The molecule has 25 heavy (non-hydrogen) atoms. The molecule has 0 radical (unpaired) electrons. The molecule has 1 heterocycles. The number of H-pyrrole nitrogens is 1. The fourth-order valence-electron chi connectivity index (χ4n) is 2.81. The van der Waals surface area contributed by atoms with Crippen molar-refractivity contribution in [2.75, 3.05) is 0 Å². The van der Waals surface area contributed by atoms with E-state index in [-0.39, 0.29) is 17.8 Å². The Morgan fingerprint density at radius 3 is 2.08 bits per heavy atom. The van der Waals surface area contributed by atoms with Crippen LogP contribution in [0.4, 0.5) is 0 Å². The maximum Gasteiger partial charge on any atom is 0.254 e. The smallest absolute Gasteiger partial charge is 0.254 e. The number of benzene rings is 2. The molecule has 1 aromatic heterocycles. The first-order valence-electron chi connectivity index (χ1n) is 8.02. The molecule has 1 N–H and O–H groups in total. The number of Topliss-reactive ketones (excluding diaryl/α,β-unsaturated/α-hetero) is 1. The Bertz CT molecular complexity index is 891. The predicted octanol–water partition coefficient (Wildman–Crippen LogP) is 3.36. The summed E-state index contributed by atoms with van der Waals surface area (Å²) in [5, 5.41) is 0. The zero-order valence-electron chi connectivity index (χ0n) is 13.7. The number of hydrogen-bond donors (Lipinski definition) is 1. The highest BCUT2D eigenvalue weighted by atomic mass is 16.1. The Kier molecular flexibility index (Phi) is 5.00. The van der Waals surface area contributed by atoms with Crippen LogP contribution in [0.3, 0.4) is 0 Å². The molecule has 0 aliphatic carbocycles. The first-order chi connectivity index (χ1) is 12.2. The molecule has 0 bridgehead atoms. The second-order valence-corrected chi connectivity index (χ2v) is 5.72. The summed E-state index contributed by atoms with van der Waals surface area (Å²) in [5.41, 5.74) is 1.86. The summed E-state index contributed by atoms with van der Waals surface area (Å²) >= 11 is 0. The molecule has 0 unspecified atom stereocenters. The number of aromatic nitrogens is 2. The Balaban J connectivity index is 1.95. The molecule has 3 aromatic rings. The van der Waals surface area contributed by atoms with Gasteiger partial charge < -0.3 is 4.98 Å². The molecule has 4 heteroatoms. The van der Waals surface area contributed by atoms with Gasteiger partial charge in [-0.1, -0.05) is 67.2 Å². The van der Waals surface area contributed by atoms with Crippen molar-refractivity contribution in [2.24, 2.45) is 0 Å². The van der Waals surface area contributed by atoms with Crippen molar-refractivity contribution in [3.8, 4) is 0 Å². The molecule has 0 atom stereocenters. The minimum Gasteiger partial charge on any atom is -0.307 e. The van der Waals surface area contributed by atoms with E-state index in [1.54, 1.807) is 0 Å². The van der Waals surface area contributed by atoms with Gasteiger partial charge in [0.1, 0.15) is 11.6 Å². The number of aromatic amines is 1. The first kappa shape index (κ1) is 16.6.